The van der Waals surface area contributed by atoms with Crippen LogP contribution in [0.1, 0.15) is 25.8 Å². The van der Waals surface area contributed by atoms with Crippen LogP contribution in [0, 0.1) is 0 Å². The lowest BCUT2D eigenvalue weighted by Crippen LogP contribution is -2.44. The summed E-state index contributed by atoms with van der Waals surface area (Å²) < 4.78 is 29.6. The number of hydrogen-bond acceptors (Lipinski definition) is 3. The fourth-order valence-corrected chi connectivity index (χ4v) is 3.52. The summed E-state index contributed by atoms with van der Waals surface area (Å²) >= 11 is 6.02. The van der Waals surface area contributed by atoms with E-state index < -0.39 is 6.61 Å². The molecule has 0 bridgehead atoms. The van der Waals surface area contributed by atoms with Crippen molar-refractivity contribution in [2.45, 2.75) is 39.0 Å². The fourth-order valence-electron chi connectivity index (χ4n) is 3.30. The van der Waals surface area contributed by atoms with Gasteiger partial charge in [0.15, 0.2) is 0 Å². The monoisotopic (exact) mass is 356 g/mol. The van der Waals surface area contributed by atoms with Crippen molar-refractivity contribution in [3.05, 3.63) is 28.8 Å². The van der Waals surface area contributed by atoms with Crippen molar-refractivity contribution >= 4 is 29.3 Å². The molecule has 0 aromatic heterocycles. The highest BCUT2D eigenvalue weighted by Crippen LogP contribution is 2.38. The molecule has 24 heavy (non-hydrogen) atoms. The van der Waals surface area contributed by atoms with Gasteiger partial charge in [-0.1, -0.05) is 23.8 Å². The Morgan fingerprint density at radius 1 is 1.33 bits per heavy atom. The average Bonchev–Trinajstić information content (AvgIpc) is 2.88. The number of hydrogen-bond donors (Lipinski definition) is 0. The van der Waals surface area contributed by atoms with Crippen LogP contribution in [0.4, 0.5) is 14.5 Å². The van der Waals surface area contributed by atoms with E-state index in [0.29, 0.717) is 25.2 Å². The van der Waals surface area contributed by atoms with Crippen LogP contribution in [-0.4, -0.2) is 42.6 Å². The highest BCUT2D eigenvalue weighted by molar-refractivity contribution is 6.32. The number of benzene rings is 1. The Kier molecular flexibility index (Phi) is 4.67. The first kappa shape index (κ1) is 17.0. The molecule has 0 N–H and O–H groups in total. The third-order valence-corrected chi connectivity index (χ3v) is 4.71. The van der Waals surface area contributed by atoms with Crippen molar-refractivity contribution in [1.82, 2.24) is 4.90 Å². The first-order valence-corrected chi connectivity index (χ1v) is 8.28. The summed E-state index contributed by atoms with van der Waals surface area (Å²) in [6.45, 7) is 2.27. The summed E-state index contributed by atoms with van der Waals surface area (Å²) in [6.07, 6.45) is 4.53. The van der Waals surface area contributed by atoms with Crippen molar-refractivity contribution < 1.29 is 18.3 Å². The second-order valence-corrected chi connectivity index (χ2v) is 6.61. The molecule has 0 saturated carbocycles. The minimum Gasteiger partial charge on any atom is -0.433 e. The van der Waals surface area contributed by atoms with Crippen molar-refractivity contribution in [1.29, 1.82) is 0 Å². The van der Waals surface area contributed by atoms with Crippen LogP contribution in [0.3, 0.4) is 0 Å². The van der Waals surface area contributed by atoms with Crippen LogP contribution in [0.5, 0.6) is 5.75 Å². The van der Waals surface area contributed by atoms with Crippen molar-refractivity contribution in [2.75, 3.05) is 18.0 Å². The van der Waals surface area contributed by atoms with Gasteiger partial charge in [-0.2, -0.15) is 8.78 Å². The Balaban J connectivity index is 1.94. The molecular weight excluding hydrogens is 338 g/mol. The minimum atomic E-state index is -2.95. The molecule has 3 rings (SSSR count). The van der Waals surface area contributed by atoms with Gasteiger partial charge in [-0.3, -0.25) is 4.79 Å². The maximum atomic E-state index is 12.7. The SMILES string of the molecule is CC(C)N1CC[C@H](N2CC=Cc3cc(Cl)c(OC(F)F)cc32)C1=O. The predicted molar refractivity (Wildman–Crippen MR) is 89.7 cm³/mol. The zero-order valence-electron chi connectivity index (χ0n) is 13.5. The number of nitrogens with zero attached hydrogens (tertiary/aromatic N) is 2. The molecule has 130 valence electrons. The van der Waals surface area contributed by atoms with Crippen LogP contribution >= 0.6 is 11.6 Å². The zero-order valence-corrected chi connectivity index (χ0v) is 14.3. The highest BCUT2D eigenvalue weighted by Gasteiger charge is 2.38. The lowest BCUT2D eigenvalue weighted by molar-refractivity contribution is -0.130. The van der Waals surface area contributed by atoms with E-state index in [9.17, 15) is 13.6 Å². The molecule has 0 spiro atoms. The van der Waals surface area contributed by atoms with Crippen LogP contribution in [0.25, 0.3) is 6.08 Å². The van der Waals surface area contributed by atoms with Crippen molar-refractivity contribution in [3.8, 4) is 5.75 Å². The van der Waals surface area contributed by atoms with Gasteiger partial charge in [0.1, 0.15) is 11.8 Å². The molecule has 2 aliphatic rings. The number of carbonyl (C=O) groups is 1. The second-order valence-electron chi connectivity index (χ2n) is 6.20. The second kappa shape index (κ2) is 6.59. The first-order chi connectivity index (χ1) is 11.4. The van der Waals surface area contributed by atoms with Crippen molar-refractivity contribution in [3.63, 3.8) is 0 Å². The van der Waals surface area contributed by atoms with Crippen LogP contribution in [-0.2, 0) is 4.79 Å². The number of anilines is 1. The lowest BCUT2D eigenvalue weighted by atomic mass is 10.0. The Labute approximate surface area is 144 Å². The van der Waals surface area contributed by atoms with Crippen molar-refractivity contribution in [2.24, 2.45) is 0 Å². The number of carbonyl (C=O) groups excluding carboxylic acids is 1. The van der Waals surface area contributed by atoms with E-state index in [-0.39, 0.29) is 28.8 Å². The van der Waals surface area contributed by atoms with Gasteiger partial charge in [0.2, 0.25) is 5.91 Å². The highest BCUT2D eigenvalue weighted by atomic mass is 35.5. The topological polar surface area (TPSA) is 32.8 Å². The summed E-state index contributed by atoms with van der Waals surface area (Å²) in [7, 11) is 0. The fraction of sp³-hybridized carbons (Fsp3) is 0.471. The van der Waals surface area contributed by atoms with Gasteiger partial charge in [-0.05, 0) is 31.9 Å². The van der Waals surface area contributed by atoms with Crippen LogP contribution < -0.4 is 9.64 Å². The maximum absolute atomic E-state index is 12.7. The standard InChI is InChI=1S/C17H19ClF2N2O2/c1-10(2)21-7-5-13(16(21)23)22-6-3-4-11-8-12(18)15(9-14(11)22)24-17(19)20/h3-4,8-10,13,17H,5-7H2,1-2H3/t13-/m0/s1. The third kappa shape index (κ3) is 3.07. The van der Waals surface area contributed by atoms with Gasteiger partial charge in [0.25, 0.3) is 0 Å². The quantitative estimate of drug-likeness (QED) is 0.823. The molecule has 1 aromatic carbocycles. The smallest absolute Gasteiger partial charge is 0.387 e. The number of halogens is 3. The van der Waals surface area contributed by atoms with Gasteiger partial charge in [-0.25, -0.2) is 0 Å². The summed E-state index contributed by atoms with van der Waals surface area (Å²) in [5, 5.41) is 0.127. The van der Waals surface area contributed by atoms with Gasteiger partial charge < -0.3 is 14.5 Å². The molecule has 0 unspecified atom stereocenters. The minimum absolute atomic E-state index is 0.0672. The van der Waals surface area contributed by atoms with E-state index >= 15 is 0 Å². The normalized spacial score (nSPS) is 20.3. The van der Waals surface area contributed by atoms with Gasteiger partial charge in [0.05, 0.1) is 5.02 Å². The van der Waals surface area contributed by atoms with E-state index in [2.05, 4.69) is 4.74 Å². The van der Waals surface area contributed by atoms with E-state index in [4.69, 9.17) is 11.6 Å². The molecule has 4 nitrogen and oxygen atoms in total. The summed E-state index contributed by atoms with van der Waals surface area (Å²) in [5.74, 6) is -0.00518. The molecule has 2 heterocycles. The predicted octanol–water partition coefficient (Wildman–Crippen LogP) is 3.78. The number of likely N-dealkylation sites (tertiary alicyclic amines) is 1. The molecule has 1 fully saturated rings. The van der Waals surface area contributed by atoms with E-state index in [0.717, 1.165) is 5.56 Å². The lowest BCUT2D eigenvalue weighted by Gasteiger charge is -2.33. The number of amides is 1. The van der Waals surface area contributed by atoms with Crippen LogP contribution in [0.2, 0.25) is 5.02 Å². The molecular formula is C17H19ClF2N2O2. The van der Waals surface area contributed by atoms with E-state index in [1.54, 1.807) is 6.07 Å². The van der Waals surface area contributed by atoms with Gasteiger partial charge in [-0.15, -0.1) is 0 Å². The first-order valence-electron chi connectivity index (χ1n) is 7.90. The Bertz CT molecular complexity index is 679. The summed E-state index contributed by atoms with van der Waals surface area (Å²) in [6, 6.07) is 2.94. The summed E-state index contributed by atoms with van der Waals surface area (Å²) in [5.41, 5.74) is 1.49. The molecule has 1 atom stereocenters. The molecule has 7 heteroatoms. The molecule has 1 aromatic rings. The number of rotatable bonds is 4. The number of alkyl halides is 2. The Morgan fingerprint density at radius 2 is 2.08 bits per heavy atom. The van der Waals surface area contributed by atoms with Gasteiger partial charge in [0, 0.05) is 30.9 Å². The molecule has 1 saturated heterocycles. The zero-order chi connectivity index (χ0) is 17.4. The number of fused-ring (bicyclic) bond motifs is 1. The van der Waals surface area contributed by atoms with E-state index in [1.807, 2.05) is 35.8 Å². The van der Waals surface area contributed by atoms with Gasteiger partial charge >= 0.3 is 6.61 Å². The molecule has 2 aliphatic heterocycles. The maximum Gasteiger partial charge on any atom is 0.387 e. The average molecular weight is 357 g/mol. The Morgan fingerprint density at radius 3 is 2.71 bits per heavy atom. The summed E-state index contributed by atoms with van der Waals surface area (Å²) in [4.78, 5) is 16.5. The molecule has 0 aliphatic carbocycles. The molecule has 1 amide bonds. The molecule has 0 radical (unpaired) electrons. The van der Waals surface area contributed by atoms with Crippen LogP contribution in [0.15, 0.2) is 18.2 Å². The van der Waals surface area contributed by atoms with E-state index in [1.165, 1.54) is 6.07 Å². The third-order valence-electron chi connectivity index (χ3n) is 4.42. The number of ether oxygens (including phenoxy) is 1. The largest absolute Gasteiger partial charge is 0.433 e. The Hall–Kier alpha value is -1.82.